The van der Waals surface area contributed by atoms with Gasteiger partial charge >= 0.3 is 5.97 Å². The zero-order chi connectivity index (χ0) is 17.9. The van der Waals surface area contributed by atoms with Gasteiger partial charge < -0.3 is 15.4 Å². The van der Waals surface area contributed by atoms with Crippen molar-refractivity contribution in [3.8, 4) is 0 Å². The molecule has 1 aromatic carbocycles. The highest BCUT2D eigenvalue weighted by Gasteiger charge is 2.15. The lowest BCUT2D eigenvalue weighted by molar-refractivity contribution is -0.144. The Labute approximate surface area is 154 Å². The zero-order valence-corrected chi connectivity index (χ0v) is 15.3. The summed E-state index contributed by atoms with van der Waals surface area (Å²) in [7, 11) is 0. The van der Waals surface area contributed by atoms with Crippen LogP contribution in [0.2, 0.25) is 0 Å². The van der Waals surface area contributed by atoms with E-state index in [4.69, 9.17) is 17.0 Å². The van der Waals surface area contributed by atoms with Crippen LogP contribution in [0, 0.1) is 0 Å². The molecule has 1 aromatic rings. The molecule has 0 aliphatic heterocycles. The predicted octanol–water partition coefficient (Wildman–Crippen LogP) is 2.88. The smallest absolute Gasteiger partial charge is 0.306 e. The molecule has 6 heteroatoms. The molecule has 1 fully saturated rings. The number of ether oxygens (including phenoxy) is 1. The Hall–Kier alpha value is -1.95. The lowest BCUT2D eigenvalue weighted by Crippen LogP contribution is -2.45. The maximum Gasteiger partial charge on any atom is 0.306 e. The number of thiocarbonyl (C=S) groups is 1. The zero-order valence-electron chi connectivity index (χ0n) is 14.5. The van der Waals surface area contributed by atoms with Gasteiger partial charge in [0.2, 0.25) is 5.91 Å². The number of nitrogens with one attached hydrogen (secondary N) is 2. The molecule has 0 aromatic heterocycles. The van der Waals surface area contributed by atoms with E-state index in [0.717, 1.165) is 18.4 Å². The van der Waals surface area contributed by atoms with Crippen molar-refractivity contribution in [2.75, 3.05) is 6.61 Å². The average Bonchev–Trinajstić information content (AvgIpc) is 2.61. The minimum absolute atomic E-state index is 0.0622. The standard InChI is InChI=1S/C19H26N2O3S/c22-17(21-19(25)20-16-9-5-2-6-10-16)11-12-18(23)24-14-13-15-7-3-1-4-8-15/h1,3-4,7-8,16H,2,5-6,9-14H2,(H2,20,21,22,25). The van der Waals surface area contributed by atoms with Crippen molar-refractivity contribution < 1.29 is 14.3 Å². The molecule has 1 amide bonds. The third-order valence-corrected chi connectivity index (χ3v) is 4.47. The Kier molecular flexibility index (Phi) is 8.39. The summed E-state index contributed by atoms with van der Waals surface area (Å²) in [5, 5.41) is 6.17. The Bertz CT molecular complexity index is 571. The summed E-state index contributed by atoms with van der Waals surface area (Å²) in [5.74, 6) is -0.620. The molecule has 0 radical (unpaired) electrons. The highest BCUT2D eigenvalue weighted by atomic mass is 32.1. The largest absolute Gasteiger partial charge is 0.465 e. The second-order valence-corrected chi connectivity index (χ2v) is 6.72. The number of benzene rings is 1. The van der Waals surface area contributed by atoms with Crippen LogP contribution in [0.25, 0.3) is 0 Å². The highest BCUT2D eigenvalue weighted by Crippen LogP contribution is 2.17. The van der Waals surface area contributed by atoms with Crippen molar-refractivity contribution in [2.45, 2.75) is 57.4 Å². The number of hydrogen-bond acceptors (Lipinski definition) is 4. The van der Waals surface area contributed by atoms with E-state index in [1.54, 1.807) is 0 Å². The molecule has 0 bridgehead atoms. The Morgan fingerprint density at radius 3 is 2.52 bits per heavy atom. The number of carbonyl (C=O) groups excluding carboxylic acids is 2. The normalized spacial score (nSPS) is 14.6. The van der Waals surface area contributed by atoms with Gasteiger partial charge in [0.25, 0.3) is 0 Å². The summed E-state index contributed by atoms with van der Waals surface area (Å²) in [5.41, 5.74) is 1.12. The molecular formula is C19H26N2O3S. The number of hydrogen-bond donors (Lipinski definition) is 2. The number of carbonyl (C=O) groups is 2. The van der Waals surface area contributed by atoms with Gasteiger partial charge in [0, 0.05) is 18.9 Å². The van der Waals surface area contributed by atoms with Crippen molar-refractivity contribution in [1.82, 2.24) is 10.6 Å². The van der Waals surface area contributed by atoms with Crippen molar-refractivity contribution in [3.05, 3.63) is 35.9 Å². The molecule has 2 N–H and O–H groups in total. The third-order valence-electron chi connectivity index (χ3n) is 4.25. The van der Waals surface area contributed by atoms with E-state index in [-0.39, 0.29) is 24.7 Å². The number of amides is 1. The van der Waals surface area contributed by atoms with Crippen LogP contribution in [-0.4, -0.2) is 29.6 Å². The summed E-state index contributed by atoms with van der Waals surface area (Å²) in [6.07, 6.45) is 6.65. The van der Waals surface area contributed by atoms with E-state index in [2.05, 4.69) is 10.6 Å². The predicted molar refractivity (Wildman–Crippen MR) is 101 cm³/mol. The molecule has 1 aliphatic carbocycles. The van der Waals surface area contributed by atoms with Gasteiger partial charge in [0.05, 0.1) is 13.0 Å². The molecule has 0 atom stereocenters. The molecule has 0 unspecified atom stereocenters. The van der Waals surface area contributed by atoms with Crippen LogP contribution in [0.3, 0.4) is 0 Å². The van der Waals surface area contributed by atoms with E-state index in [1.165, 1.54) is 19.3 Å². The summed E-state index contributed by atoms with van der Waals surface area (Å²) in [4.78, 5) is 23.5. The van der Waals surface area contributed by atoms with E-state index >= 15 is 0 Å². The fourth-order valence-corrected chi connectivity index (χ4v) is 3.15. The van der Waals surface area contributed by atoms with Crippen LogP contribution in [0.4, 0.5) is 0 Å². The van der Waals surface area contributed by atoms with E-state index in [9.17, 15) is 9.59 Å². The second-order valence-electron chi connectivity index (χ2n) is 6.31. The van der Waals surface area contributed by atoms with Crippen molar-refractivity contribution in [2.24, 2.45) is 0 Å². The molecular weight excluding hydrogens is 336 g/mol. The maximum atomic E-state index is 11.8. The monoisotopic (exact) mass is 362 g/mol. The molecule has 25 heavy (non-hydrogen) atoms. The van der Waals surface area contributed by atoms with Crippen molar-refractivity contribution >= 4 is 29.2 Å². The van der Waals surface area contributed by atoms with Crippen molar-refractivity contribution in [3.63, 3.8) is 0 Å². The number of esters is 1. The van der Waals surface area contributed by atoms with Crippen LogP contribution in [0.5, 0.6) is 0 Å². The molecule has 1 aliphatic rings. The minimum Gasteiger partial charge on any atom is -0.465 e. The first-order chi connectivity index (χ1) is 12.1. The lowest BCUT2D eigenvalue weighted by atomic mass is 9.96. The fraction of sp³-hybridized carbons (Fsp3) is 0.526. The van der Waals surface area contributed by atoms with Gasteiger partial charge in [0.15, 0.2) is 5.11 Å². The summed E-state index contributed by atoms with van der Waals surface area (Å²) in [6.45, 7) is 0.326. The van der Waals surface area contributed by atoms with Crippen molar-refractivity contribution in [1.29, 1.82) is 0 Å². The molecule has 0 saturated heterocycles. The Balaban J connectivity index is 1.55. The van der Waals surface area contributed by atoms with Crippen LogP contribution >= 0.6 is 12.2 Å². The average molecular weight is 362 g/mol. The van der Waals surface area contributed by atoms with Gasteiger partial charge in [-0.1, -0.05) is 49.6 Å². The first-order valence-electron chi connectivity index (χ1n) is 8.93. The molecule has 1 saturated carbocycles. The Morgan fingerprint density at radius 1 is 1.08 bits per heavy atom. The number of rotatable bonds is 7. The van der Waals surface area contributed by atoms with Gasteiger partial charge in [-0.3, -0.25) is 9.59 Å². The molecule has 136 valence electrons. The molecule has 0 spiro atoms. The van der Waals surface area contributed by atoms with Crippen LogP contribution in [0.1, 0.15) is 50.5 Å². The lowest BCUT2D eigenvalue weighted by Gasteiger charge is -2.24. The fourth-order valence-electron chi connectivity index (χ4n) is 2.87. The summed E-state index contributed by atoms with van der Waals surface area (Å²) in [6, 6.07) is 10.2. The topological polar surface area (TPSA) is 67.4 Å². The quantitative estimate of drug-likeness (QED) is 0.577. The first-order valence-corrected chi connectivity index (χ1v) is 9.34. The van der Waals surface area contributed by atoms with Crippen LogP contribution < -0.4 is 10.6 Å². The van der Waals surface area contributed by atoms with Gasteiger partial charge in [-0.15, -0.1) is 0 Å². The molecule has 0 heterocycles. The highest BCUT2D eigenvalue weighted by molar-refractivity contribution is 7.80. The molecule has 5 nitrogen and oxygen atoms in total. The van der Waals surface area contributed by atoms with Gasteiger partial charge in [-0.05, 0) is 30.6 Å². The van der Waals surface area contributed by atoms with E-state index < -0.39 is 0 Å². The van der Waals surface area contributed by atoms with E-state index in [1.807, 2.05) is 30.3 Å². The maximum absolute atomic E-state index is 11.8. The summed E-state index contributed by atoms with van der Waals surface area (Å²) < 4.78 is 5.16. The van der Waals surface area contributed by atoms with Gasteiger partial charge in [-0.25, -0.2) is 0 Å². The van der Waals surface area contributed by atoms with Gasteiger partial charge in [0.1, 0.15) is 0 Å². The Morgan fingerprint density at radius 2 is 1.80 bits per heavy atom. The van der Waals surface area contributed by atoms with Crippen LogP contribution in [-0.2, 0) is 20.7 Å². The third kappa shape index (κ3) is 8.12. The minimum atomic E-state index is -0.364. The SMILES string of the molecule is O=C(CCC(=O)OCCc1ccccc1)NC(=S)NC1CCCCC1. The molecule has 2 rings (SSSR count). The van der Waals surface area contributed by atoms with Gasteiger partial charge in [-0.2, -0.15) is 0 Å². The first kappa shape index (κ1) is 19.4. The summed E-state index contributed by atoms with van der Waals surface area (Å²) >= 11 is 5.16. The van der Waals surface area contributed by atoms with Crippen LogP contribution in [0.15, 0.2) is 30.3 Å². The second kappa shape index (κ2) is 10.8. The van der Waals surface area contributed by atoms with E-state index in [0.29, 0.717) is 24.2 Å².